The largest absolute Gasteiger partial charge is 0.350 e. The van der Waals surface area contributed by atoms with E-state index in [-0.39, 0.29) is 10.8 Å². The molecule has 0 aliphatic carbocycles. The number of H-pyrrole nitrogens is 1. The molecule has 0 radical (unpaired) electrons. The fourth-order valence-corrected chi connectivity index (χ4v) is 2.51. The molecule has 19 heavy (non-hydrogen) atoms. The number of aromatic nitrogens is 1. The third-order valence-electron chi connectivity index (χ3n) is 2.60. The fraction of sp³-hybridized carbons (Fsp3) is 0.231. The van der Waals surface area contributed by atoms with Crippen molar-refractivity contribution in [3.05, 3.63) is 56.6 Å². The third-order valence-corrected chi connectivity index (χ3v) is 3.73. The Morgan fingerprint density at radius 3 is 2.74 bits per heavy atom. The van der Waals surface area contributed by atoms with Gasteiger partial charge in [0.25, 0.3) is 0 Å². The Bertz CT molecular complexity index is 592. The molecule has 4 nitrogen and oxygen atoms in total. The van der Waals surface area contributed by atoms with Crippen LogP contribution >= 0.6 is 24.0 Å². The molecule has 0 saturated heterocycles. The number of thiol groups is 1. The summed E-state index contributed by atoms with van der Waals surface area (Å²) in [5.74, 6) is -0.140. The second-order valence-electron chi connectivity index (χ2n) is 4.10. The van der Waals surface area contributed by atoms with Crippen molar-refractivity contribution in [2.24, 2.45) is 0 Å². The first-order chi connectivity index (χ1) is 9.15. The van der Waals surface area contributed by atoms with E-state index < -0.39 is 5.25 Å². The molecular formula is C13H14N2O2S2. The summed E-state index contributed by atoms with van der Waals surface area (Å²) >= 11 is 5.39. The monoisotopic (exact) mass is 294 g/mol. The summed E-state index contributed by atoms with van der Waals surface area (Å²) in [5.41, 5.74) is 1.78. The summed E-state index contributed by atoms with van der Waals surface area (Å²) in [7, 11) is 0. The number of nitrogens with one attached hydrogen (secondary N) is 2. The highest BCUT2D eigenvalue weighted by atomic mass is 32.1. The molecule has 2 rings (SSSR count). The first kappa shape index (κ1) is 13.9. The number of thiazole rings is 1. The van der Waals surface area contributed by atoms with Crippen molar-refractivity contribution in [1.29, 1.82) is 0 Å². The molecule has 0 aliphatic rings. The molecule has 1 unspecified atom stereocenters. The quantitative estimate of drug-likeness (QED) is 0.733. The fourth-order valence-electron chi connectivity index (χ4n) is 1.63. The van der Waals surface area contributed by atoms with Gasteiger partial charge in [-0.25, -0.2) is 0 Å². The summed E-state index contributed by atoms with van der Waals surface area (Å²) < 4.78 is 0. The Morgan fingerprint density at radius 1 is 1.37 bits per heavy atom. The number of carbonyl (C=O) groups is 1. The molecule has 0 spiro atoms. The van der Waals surface area contributed by atoms with Crippen LogP contribution in [0.2, 0.25) is 0 Å². The molecule has 0 bridgehead atoms. The molecule has 100 valence electrons. The molecule has 6 heteroatoms. The lowest BCUT2D eigenvalue weighted by molar-refractivity contribution is -0.120. The van der Waals surface area contributed by atoms with Crippen molar-refractivity contribution in [2.75, 3.05) is 0 Å². The Morgan fingerprint density at radius 2 is 2.11 bits per heavy atom. The smallest absolute Gasteiger partial charge is 0.304 e. The predicted molar refractivity (Wildman–Crippen MR) is 79.7 cm³/mol. The van der Waals surface area contributed by atoms with Gasteiger partial charge in [-0.3, -0.25) is 9.59 Å². The van der Waals surface area contributed by atoms with Crippen LogP contribution in [0.15, 0.2) is 40.5 Å². The molecule has 1 atom stereocenters. The molecule has 0 aliphatic heterocycles. The normalized spacial score (nSPS) is 12.1. The van der Waals surface area contributed by atoms with Gasteiger partial charge in [0.2, 0.25) is 5.91 Å². The number of rotatable bonds is 5. The number of hydrogen-bond donors (Lipinski definition) is 3. The van der Waals surface area contributed by atoms with E-state index in [9.17, 15) is 9.59 Å². The average Bonchev–Trinajstić information content (AvgIpc) is 2.83. The highest BCUT2D eigenvalue weighted by molar-refractivity contribution is 7.81. The van der Waals surface area contributed by atoms with E-state index in [0.29, 0.717) is 18.7 Å². The Labute approximate surface area is 120 Å². The van der Waals surface area contributed by atoms with E-state index in [1.807, 2.05) is 30.3 Å². The first-order valence-corrected chi connectivity index (χ1v) is 7.21. The lowest BCUT2D eigenvalue weighted by atomic mass is 10.1. The van der Waals surface area contributed by atoms with Crippen molar-refractivity contribution < 1.29 is 4.79 Å². The van der Waals surface area contributed by atoms with E-state index >= 15 is 0 Å². The summed E-state index contributed by atoms with van der Waals surface area (Å²) in [6.07, 6.45) is 0.579. The second kappa shape index (κ2) is 6.58. The number of aromatic amines is 1. The summed E-state index contributed by atoms with van der Waals surface area (Å²) in [6.45, 7) is 0.323. The van der Waals surface area contributed by atoms with Gasteiger partial charge < -0.3 is 10.3 Å². The van der Waals surface area contributed by atoms with Crippen LogP contribution in [0.4, 0.5) is 0 Å². The van der Waals surface area contributed by atoms with Gasteiger partial charge in [0, 0.05) is 11.1 Å². The van der Waals surface area contributed by atoms with Gasteiger partial charge in [0.05, 0.1) is 11.8 Å². The highest BCUT2D eigenvalue weighted by Crippen LogP contribution is 2.08. The van der Waals surface area contributed by atoms with Gasteiger partial charge in [-0.05, 0) is 12.0 Å². The van der Waals surface area contributed by atoms with Crippen LogP contribution in [-0.2, 0) is 17.8 Å². The van der Waals surface area contributed by atoms with Gasteiger partial charge in [0.15, 0.2) is 0 Å². The summed E-state index contributed by atoms with van der Waals surface area (Å²) in [6, 6.07) is 9.73. The number of benzene rings is 1. The van der Waals surface area contributed by atoms with Crippen molar-refractivity contribution in [2.45, 2.75) is 18.2 Å². The first-order valence-electron chi connectivity index (χ1n) is 5.81. The lowest BCUT2D eigenvalue weighted by Crippen LogP contribution is -2.32. The van der Waals surface area contributed by atoms with Crippen molar-refractivity contribution in [3.63, 3.8) is 0 Å². The zero-order valence-corrected chi connectivity index (χ0v) is 11.8. The lowest BCUT2D eigenvalue weighted by Gasteiger charge is -2.11. The topological polar surface area (TPSA) is 62.0 Å². The SMILES string of the molecule is O=C(NCc1csc(=O)[nH]1)C(S)Cc1ccccc1. The van der Waals surface area contributed by atoms with E-state index in [4.69, 9.17) is 0 Å². The maximum atomic E-state index is 11.9. The van der Waals surface area contributed by atoms with Crippen LogP contribution in [0.1, 0.15) is 11.3 Å². The van der Waals surface area contributed by atoms with Crippen LogP contribution in [0.3, 0.4) is 0 Å². The summed E-state index contributed by atoms with van der Waals surface area (Å²) in [4.78, 5) is 25.3. The molecule has 2 aromatic rings. The third kappa shape index (κ3) is 4.25. The second-order valence-corrected chi connectivity index (χ2v) is 5.56. The number of hydrogen-bond acceptors (Lipinski definition) is 4. The van der Waals surface area contributed by atoms with Crippen LogP contribution in [0, 0.1) is 0 Å². The maximum Gasteiger partial charge on any atom is 0.304 e. The highest BCUT2D eigenvalue weighted by Gasteiger charge is 2.14. The van der Waals surface area contributed by atoms with Crippen LogP contribution in [-0.4, -0.2) is 16.1 Å². The average molecular weight is 294 g/mol. The van der Waals surface area contributed by atoms with Crippen molar-refractivity contribution in [1.82, 2.24) is 10.3 Å². The number of carbonyl (C=O) groups excluding carboxylic acids is 1. The zero-order valence-electron chi connectivity index (χ0n) is 10.1. The van der Waals surface area contributed by atoms with Crippen LogP contribution in [0.5, 0.6) is 0 Å². The predicted octanol–water partition coefficient (Wildman–Crippen LogP) is 1.59. The Hall–Kier alpha value is -1.53. The van der Waals surface area contributed by atoms with E-state index in [0.717, 1.165) is 16.9 Å². The molecule has 1 aromatic heterocycles. The van der Waals surface area contributed by atoms with Crippen molar-refractivity contribution in [3.8, 4) is 0 Å². The molecule has 1 aromatic carbocycles. The zero-order chi connectivity index (χ0) is 13.7. The van der Waals surface area contributed by atoms with Crippen LogP contribution in [0.25, 0.3) is 0 Å². The number of amides is 1. The van der Waals surface area contributed by atoms with Gasteiger partial charge in [-0.2, -0.15) is 12.6 Å². The Kier molecular flexibility index (Phi) is 4.81. The van der Waals surface area contributed by atoms with E-state index in [1.165, 1.54) is 0 Å². The molecule has 2 N–H and O–H groups in total. The minimum Gasteiger partial charge on any atom is -0.350 e. The molecular weight excluding hydrogens is 280 g/mol. The standard InChI is InChI=1S/C13H14N2O2S2/c16-12(14-7-10-8-19-13(17)15-10)11(18)6-9-4-2-1-3-5-9/h1-5,8,11,18H,6-7H2,(H,14,16)(H,15,17). The van der Waals surface area contributed by atoms with Gasteiger partial charge >= 0.3 is 4.87 Å². The molecule has 1 heterocycles. The molecule has 0 saturated carbocycles. The minimum absolute atomic E-state index is 0.115. The Balaban J connectivity index is 1.84. The van der Waals surface area contributed by atoms with Gasteiger partial charge in [-0.1, -0.05) is 41.7 Å². The van der Waals surface area contributed by atoms with Crippen molar-refractivity contribution >= 4 is 29.9 Å². The van der Waals surface area contributed by atoms with E-state index in [2.05, 4.69) is 22.9 Å². The van der Waals surface area contributed by atoms with Gasteiger partial charge in [-0.15, -0.1) is 0 Å². The molecule has 1 amide bonds. The molecule has 0 fully saturated rings. The summed E-state index contributed by atoms with van der Waals surface area (Å²) in [5, 5.41) is 4.06. The van der Waals surface area contributed by atoms with E-state index in [1.54, 1.807) is 5.38 Å². The van der Waals surface area contributed by atoms with Gasteiger partial charge in [0.1, 0.15) is 0 Å². The van der Waals surface area contributed by atoms with Crippen LogP contribution < -0.4 is 10.2 Å². The minimum atomic E-state index is -0.396. The maximum absolute atomic E-state index is 11.9.